The van der Waals surface area contributed by atoms with E-state index in [0.717, 1.165) is 47.8 Å². The Morgan fingerprint density at radius 2 is 1.79 bits per heavy atom. The predicted molar refractivity (Wildman–Crippen MR) is 118 cm³/mol. The van der Waals surface area contributed by atoms with Crippen LogP contribution in [-0.4, -0.2) is 63.4 Å². The van der Waals surface area contributed by atoms with E-state index in [-0.39, 0.29) is 10.8 Å². The number of rotatable bonds is 5. The molecule has 1 fully saturated rings. The Balaban J connectivity index is 1.32. The molecule has 1 saturated heterocycles. The van der Waals surface area contributed by atoms with E-state index in [1.54, 1.807) is 28.4 Å². The summed E-state index contributed by atoms with van der Waals surface area (Å²) in [6, 6.07) is 8.98. The zero-order valence-corrected chi connectivity index (χ0v) is 19.1. The Morgan fingerprint density at radius 1 is 1.07 bits per heavy atom. The second kappa shape index (κ2) is 8.44. The van der Waals surface area contributed by atoms with E-state index in [1.165, 1.54) is 10.9 Å². The Hall–Kier alpha value is -1.30. The van der Waals surface area contributed by atoms with Gasteiger partial charge in [0.25, 0.3) is 0 Å². The first kappa shape index (κ1) is 21.0. The molecule has 7 nitrogen and oxygen atoms in total. The molecule has 4 rings (SSSR count). The van der Waals surface area contributed by atoms with Crippen LogP contribution in [0.2, 0.25) is 0 Å². The minimum absolute atomic E-state index is 0.0581. The number of piperazine rings is 1. The van der Waals surface area contributed by atoms with Crippen molar-refractivity contribution in [2.45, 2.75) is 17.9 Å². The summed E-state index contributed by atoms with van der Waals surface area (Å²) in [5.41, 5.74) is 1.65. The van der Waals surface area contributed by atoms with E-state index >= 15 is 0 Å². The van der Waals surface area contributed by atoms with Gasteiger partial charge in [-0.2, -0.15) is 0 Å². The van der Waals surface area contributed by atoms with E-state index in [1.807, 2.05) is 0 Å². The minimum Gasteiger partial charge on any atom is -0.311 e. The number of fused-ring (bicyclic) bond motifs is 1. The fourth-order valence-corrected chi connectivity index (χ4v) is 5.94. The molecule has 2 aliphatic heterocycles. The highest BCUT2D eigenvalue weighted by Gasteiger charge is 2.28. The lowest BCUT2D eigenvalue weighted by molar-refractivity contribution is -0.120. The molecule has 10 heteroatoms. The van der Waals surface area contributed by atoms with Crippen molar-refractivity contribution >= 4 is 48.9 Å². The topological polar surface area (TPSA) is 86.9 Å². The highest BCUT2D eigenvalue weighted by atomic mass is 79.9. The number of hydrogen-bond acceptors (Lipinski definition) is 6. The van der Waals surface area contributed by atoms with Gasteiger partial charge in [-0.25, -0.2) is 13.6 Å². The highest BCUT2D eigenvalue weighted by Crippen LogP contribution is 2.30. The molecule has 156 valence electrons. The Labute approximate surface area is 183 Å². The molecule has 0 saturated carbocycles. The number of thiophene rings is 1. The summed E-state index contributed by atoms with van der Waals surface area (Å²) >= 11 is 5.27. The number of anilines is 1. The third-order valence-electron chi connectivity index (χ3n) is 5.41. The fourth-order valence-electron chi connectivity index (χ4n) is 3.85. The number of primary sulfonamides is 1. The zero-order chi connectivity index (χ0) is 20.6. The minimum atomic E-state index is -3.73. The van der Waals surface area contributed by atoms with Crippen LogP contribution in [0.1, 0.15) is 10.4 Å². The maximum atomic E-state index is 12.9. The number of benzene rings is 1. The number of sulfonamides is 1. The summed E-state index contributed by atoms with van der Waals surface area (Å²) in [7, 11) is -3.73. The lowest BCUT2D eigenvalue weighted by Gasteiger charge is -2.34. The Bertz CT molecular complexity index is 1020. The smallest absolute Gasteiger partial charge is 0.241 e. The standard InChI is InChI=1S/C19H23BrN4O3S2/c20-18-4-1-15(28-18)12-22-7-9-23(10-8-22)13-19(25)24-6-5-14-11-16(29(21,26)27)2-3-17(14)24/h1-4,11H,5-10,12-13H2,(H2,21,26,27). The molecule has 0 atom stereocenters. The van der Waals surface area contributed by atoms with Gasteiger partial charge in [-0.05, 0) is 58.2 Å². The molecule has 2 aromatic rings. The fraction of sp³-hybridized carbons (Fsp3) is 0.421. The molecule has 1 aromatic carbocycles. The third-order valence-corrected chi connectivity index (χ3v) is 7.93. The van der Waals surface area contributed by atoms with Gasteiger partial charge in [-0.15, -0.1) is 11.3 Å². The molecule has 2 N–H and O–H groups in total. The molecular formula is C19H23BrN4O3S2. The summed E-state index contributed by atoms with van der Waals surface area (Å²) in [5, 5.41) is 5.21. The van der Waals surface area contributed by atoms with Crippen LogP contribution in [0.5, 0.6) is 0 Å². The molecule has 0 aliphatic carbocycles. The van der Waals surface area contributed by atoms with Crippen LogP contribution >= 0.6 is 27.3 Å². The van der Waals surface area contributed by atoms with E-state index in [0.29, 0.717) is 19.5 Å². The molecular weight excluding hydrogens is 476 g/mol. The van der Waals surface area contributed by atoms with Gasteiger partial charge < -0.3 is 4.90 Å². The van der Waals surface area contributed by atoms with Crippen molar-refractivity contribution in [1.29, 1.82) is 0 Å². The van der Waals surface area contributed by atoms with Crippen molar-refractivity contribution in [1.82, 2.24) is 9.80 Å². The van der Waals surface area contributed by atoms with Gasteiger partial charge in [-0.1, -0.05) is 0 Å². The largest absolute Gasteiger partial charge is 0.311 e. The number of nitrogens with zero attached hydrogens (tertiary/aromatic N) is 3. The second-order valence-corrected chi connectivity index (χ2v) is 11.5. The summed E-state index contributed by atoms with van der Waals surface area (Å²) < 4.78 is 24.2. The number of halogens is 1. The SMILES string of the molecule is NS(=O)(=O)c1ccc2c(c1)CCN2C(=O)CN1CCN(Cc2ccc(Br)s2)CC1. The second-order valence-electron chi connectivity index (χ2n) is 7.39. The van der Waals surface area contributed by atoms with Crippen LogP contribution in [0.4, 0.5) is 5.69 Å². The van der Waals surface area contributed by atoms with Crippen LogP contribution in [0.25, 0.3) is 0 Å². The van der Waals surface area contributed by atoms with Crippen molar-refractivity contribution in [3.05, 3.63) is 44.6 Å². The Morgan fingerprint density at radius 3 is 2.45 bits per heavy atom. The quantitative estimate of drug-likeness (QED) is 0.679. The third kappa shape index (κ3) is 4.89. The van der Waals surface area contributed by atoms with E-state index in [4.69, 9.17) is 5.14 Å². The van der Waals surface area contributed by atoms with Crippen molar-refractivity contribution < 1.29 is 13.2 Å². The van der Waals surface area contributed by atoms with E-state index < -0.39 is 10.0 Å². The summed E-state index contributed by atoms with van der Waals surface area (Å²) in [4.78, 5) is 20.7. The molecule has 0 unspecified atom stereocenters. The van der Waals surface area contributed by atoms with Crippen molar-refractivity contribution in [2.24, 2.45) is 5.14 Å². The van der Waals surface area contributed by atoms with Crippen LogP contribution in [0.15, 0.2) is 39.0 Å². The maximum absolute atomic E-state index is 12.9. The van der Waals surface area contributed by atoms with Crippen LogP contribution < -0.4 is 10.0 Å². The van der Waals surface area contributed by atoms with Crippen LogP contribution in [0.3, 0.4) is 0 Å². The number of carbonyl (C=O) groups is 1. The first-order chi connectivity index (χ1) is 13.8. The molecule has 1 amide bonds. The Kier molecular flexibility index (Phi) is 6.10. The normalized spacial score (nSPS) is 18.2. The lowest BCUT2D eigenvalue weighted by Crippen LogP contribution is -2.49. The van der Waals surface area contributed by atoms with Gasteiger partial charge in [0.1, 0.15) is 0 Å². The monoisotopic (exact) mass is 498 g/mol. The summed E-state index contributed by atoms with van der Waals surface area (Å²) in [6.07, 6.45) is 0.647. The van der Waals surface area contributed by atoms with Gasteiger partial charge in [0, 0.05) is 49.8 Å². The molecule has 2 aliphatic rings. The van der Waals surface area contributed by atoms with Gasteiger partial charge >= 0.3 is 0 Å². The molecule has 29 heavy (non-hydrogen) atoms. The van der Waals surface area contributed by atoms with Crippen molar-refractivity contribution in [2.75, 3.05) is 44.2 Å². The maximum Gasteiger partial charge on any atom is 0.241 e. The van der Waals surface area contributed by atoms with Crippen molar-refractivity contribution in [3.63, 3.8) is 0 Å². The molecule has 0 bridgehead atoms. The zero-order valence-electron chi connectivity index (χ0n) is 15.9. The average molecular weight is 499 g/mol. The predicted octanol–water partition coefficient (Wildman–Crippen LogP) is 1.86. The molecule has 1 aromatic heterocycles. The first-order valence-electron chi connectivity index (χ1n) is 9.44. The summed E-state index contributed by atoms with van der Waals surface area (Å²) in [6.45, 7) is 5.52. The molecule has 0 spiro atoms. The highest BCUT2D eigenvalue weighted by molar-refractivity contribution is 9.11. The molecule has 3 heterocycles. The van der Waals surface area contributed by atoms with Gasteiger partial charge in [0.05, 0.1) is 15.2 Å². The van der Waals surface area contributed by atoms with Crippen LogP contribution in [-0.2, 0) is 27.8 Å². The van der Waals surface area contributed by atoms with Gasteiger partial charge in [0.15, 0.2) is 0 Å². The van der Waals surface area contributed by atoms with Crippen molar-refractivity contribution in [3.8, 4) is 0 Å². The number of nitrogens with two attached hydrogens (primary N) is 1. The van der Waals surface area contributed by atoms with E-state index in [9.17, 15) is 13.2 Å². The number of hydrogen-bond donors (Lipinski definition) is 1. The molecule has 0 radical (unpaired) electrons. The number of carbonyl (C=O) groups excluding carboxylic acids is 1. The van der Waals surface area contributed by atoms with Gasteiger partial charge in [0.2, 0.25) is 15.9 Å². The lowest BCUT2D eigenvalue weighted by atomic mass is 10.2. The summed E-state index contributed by atoms with van der Waals surface area (Å²) in [5.74, 6) is 0.0581. The average Bonchev–Trinajstić information content (AvgIpc) is 3.28. The van der Waals surface area contributed by atoms with Gasteiger partial charge in [-0.3, -0.25) is 14.6 Å². The van der Waals surface area contributed by atoms with E-state index in [2.05, 4.69) is 37.9 Å². The number of amides is 1. The first-order valence-corrected chi connectivity index (χ1v) is 12.6. The van der Waals surface area contributed by atoms with Crippen LogP contribution in [0, 0.1) is 0 Å².